The van der Waals surface area contributed by atoms with Crippen LogP contribution in [0.5, 0.6) is 5.75 Å². The molecule has 0 saturated carbocycles. The molecule has 2 amide bonds. The van der Waals surface area contributed by atoms with Crippen LogP contribution in [-0.2, 0) is 0 Å². The lowest BCUT2D eigenvalue weighted by molar-refractivity contribution is 0.102. The normalized spacial score (nSPS) is 10.2. The Morgan fingerprint density at radius 2 is 1.66 bits per heavy atom. The Bertz CT molecular complexity index is 1080. The van der Waals surface area contributed by atoms with E-state index in [4.69, 9.17) is 22.7 Å². The third-order valence-corrected chi connectivity index (χ3v) is 4.15. The first-order chi connectivity index (χ1) is 13.8. The first kappa shape index (κ1) is 19.8. The number of carbonyl (C=O) groups is 2. The minimum Gasteiger partial charge on any atom is -0.508 e. The number of carbonyl (C=O) groups excluding carboxylic acids is 2. The van der Waals surface area contributed by atoms with Crippen molar-refractivity contribution in [3.63, 3.8) is 0 Å². The summed E-state index contributed by atoms with van der Waals surface area (Å²) in [5, 5.41) is 22.8. The maximum Gasteiger partial charge on any atom is 0.259 e. The van der Waals surface area contributed by atoms with Crippen molar-refractivity contribution in [3.05, 3.63) is 82.5 Å². The summed E-state index contributed by atoms with van der Waals surface area (Å²) in [4.78, 5) is 29.1. The second-order valence-electron chi connectivity index (χ2n) is 5.99. The average molecular weight is 410 g/mol. The van der Waals surface area contributed by atoms with Gasteiger partial charge < -0.3 is 21.5 Å². The lowest BCUT2D eigenvalue weighted by Gasteiger charge is -2.12. The predicted octanol–water partition coefficient (Wildman–Crippen LogP) is 3.23. The van der Waals surface area contributed by atoms with E-state index in [2.05, 4.69) is 15.6 Å². The number of phenolic OH excluding ortho intramolecular Hbond substituents is 1. The van der Waals surface area contributed by atoms with E-state index >= 15 is 0 Å². The van der Waals surface area contributed by atoms with Gasteiger partial charge in [0.25, 0.3) is 11.8 Å². The van der Waals surface area contributed by atoms with Gasteiger partial charge in [0, 0.05) is 17.3 Å². The number of nitrogens with one attached hydrogen (secondary N) is 3. The fourth-order valence-electron chi connectivity index (χ4n) is 2.46. The molecular weight excluding hydrogens is 394 g/mol. The van der Waals surface area contributed by atoms with Crippen LogP contribution >= 0.6 is 11.6 Å². The van der Waals surface area contributed by atoms with E-state index in [0.717, 1.165) is 0 Å². The minimum absolute atomic E-state index is 0.0513. The number of nitrogens with two attached hydrogens (primary N) is 1. The molecule has 3 aromatic rings. The number of amidine groups is 1. The first-order valence-corrected chi connectivity index (χ1v) is 8.73. The molecule has 8 nitrogen and oxygen atoms in total. The van der Waals surface area contributed by atoms with Crippen molar-refractivity contribution in [2.24, 2.45) is 5.73 Å². The van der Waals surface area contributed by atoms with Crippen LogP contribution in [0.2, 0.25) is 5.02 Å². The van der Waals surface area contributed by atoms with E-state index in [1.54, 1.807) is 18.2 Å². The van der Waals surface area contributed by atoms with Crippen molar-refractivity contribution in [3.8, 4) is 5.75 Å². The summed E-state index contributed by atoms with van der Waals surface area (Å²) in [7, 11) is 0. The van der Waals surface area contributed by atoms with E-state index in [9.17, 15) is 14.7 Å². The summed E-state index contributed by atoms with van der Waals surface area (Å²) in [6, 6.07) is 13.2. The lowest BCUT2D eigenvalue weighted by atomic mass is 10.1. The molecule has 1 heterocycles. The Morgan fingerprint density at radius 1 is 0.966 bits per heavy atom. The molecule has 146 valence electrons. The fraction of sp³-hybridized carbons (Fsp3) is 0. The zero-order valence-corrected chi connectivity index (χ0v) is 15.7. The summed E-state index contributed by atoms with van der Waals surface area (Å²) >= 11 is 5.78. The number of aromatic nitrogens is 1. The van der Waals surface area contributed by atoms with Crippen LogP contribution in [0.1, 0.15) is 26.3 Å². The highest BCUT2D eigenvalue weighted by molar-refractivity contribution is 6.30. The van der Waals surface area contributed by atoms with Gasteiger partial charge in [-0.3, -0.25) is 15.0 Å². The van der Waals surface area contributed by atoms with Gasteiger partial charge in [-0.15, -0.1) is 0 Å². The van der Waals surface area contributed by atoms with Gasteiger partial charge in [0.2, 0.25) is 0 Å². The fourth-order valence-corrected chi connectivity index (χ4v) is 2.57. The third kappa shape index (κ3) is 4.88. The smallest absolute Gasteiger partial charge is 0.259 e. The number of aromatic hydroxyl groups is 1. The van der Waals surface area contributed by atoms with E-state index in [1.807, 2.05) is 0 Å². The molecule has 0 unspecified atom stereocenters. The molecule has 29 heavy (non-hydrogen) atoms. The molecule has 0 saturated heterocycles. The number of hydrogen-bond donors (Lipinski definition) is 5. The SMILES string of the molecule is N=C(N)c1ccc(C(=O)Nc2ccc(O)cc2C(=O)Nc2ccc(Cl)cn2)cc1. The minimum atomic E-state index is -0.571. The molecule has 1 aromatic heterocycles. The topological polar surface area (TPSA) is 141 Å². The van der Waals surface area contributed by atoms with Crippen LogP contribution < -0.4 is 16.4 Å². The summed E-state index contributed by atoms with van der Waals surface area (Å²) in [6.07, 6.45) is 1.38. The monoisotopic (exact) mass is 409 g/mol. The van der Waals surface area contributed by atoms with Crippen LogP contribution in [0.4, 0.5) is 11.5 Å². The summed E-state index contributed by atoms with van der Waals surface area (Å²) in [5.41, 5.74) is 6.46. The molecule has 0 bridgehead atoms. The third-order valence-electron chi connectivity index (χ3n) is 3.92. The van der Waals surface area contributed by atoms with Gasteiger partial charge >= 0.3 is 0 Å². The Morgan fingerprint density at radius 3 is 2.28 bits per heavy atom. The van der Waals surface area contributed by atoms with Gasteiger partial charge in [-0.2, -0.15) is 0 Å². The summed E-state index contributed by atoms with van der Waals surface area (Å²) in [6.45, 7) is 0. The molecule has 9 heteroatoms. The van der Waals surface area contributed by atoms with Crippen molar-refractivity contribution in [1.29, 1.82) is 5.41 Å². The van der Waals surface area contributed by atoms with Crippen LogP contribution in [0.25, 0.3) is 0 Å². The van der Waals surface area contributed by atoms with E-state index < -0.39 is 11.8 Å². The highest BCUT2D eigenvalue weighted by Crippen LogP contribution is 2.23. The van der Waals surface area contributed by atoms with Crippen LogP contribution in [0, 0.1) is 5.41 Å². The number of hydrogen-bond acceptors (Lipinski definition) is 5. The molecule has 0 radical (unpaired) electrons. The number of pyridine rings is 1. The van der Waals surface area contributed by atoms with Crippen molar-refractivity contribution in [2.45, 2.75) is 0 Å². The van der Waals surface area contributed by atoms with Crippen LogP contribution in [-0.4, -0.2) is 27.7 Å². The number of benzene rings is 2. The molecule has 0 aliphatic carbocycles. The maximum atomic E-state index is 12.6. The summed E-state index contributed by atoms with van der Waals surface area (Å²) in [5.74, 6) is -1.02. The second kappa shape index (κ2) is 8.41. The van der Waals surface area contributed by atoms with E-state index in [-0.39, 0.29) is 28.7 Å². The maximum absolute atomic E-state index is 12.6. The number of rotatable bonds is 5. The lowest BCUT2D eigenvalue weighted by Crippen LogP contribution is -2.19. The average Bonchev–Trinajstić information content (AvgIpc) is 2.71. The molecule has 2 aromatic carbocycles. The van der Waals surface area contributed by atoms with Crippen LogP contribution in [0.3, 0.4) is 0 Å². The van der Waals surface area contributed by atoms with Gasteiger partial charge in [0.05, 0.1) is 16.3 Å². The predicted molar refractivity (Wildman–Crippen MR) is 111 cm³/mol. The number of nitrogen functional groups attached to an aromatic ring is 1. The van der Waals surface area contributed by atoms with Gasteiger partial charge in [-0.05, 0) is 42.5 Å². The van der Waals surface area contributed by atoms with Crippen molar-refractivity contribution < 1.29 is 14.7 Å². The van der Waals surface area contributed by atoms with Gasteiger partial charge in [0.15, 0.2) is 0 Å². The van der Waals surface area contributed by atoms with Crippen LogP contribution in [0.15, 0.2) is 60.8 Å². The Labute approximate surface area is 170 Å². The van der Waals surface area contributed by atoms with E-state index in [1.165, 1.54) is 42.6 Å². The van der Waals surface area contributed by atoms with E-state index in [0.29, 0.717) is 16.1 Å². The second-order valence-corrected chi connectivity index (χ2v) is 6.43. The standard InChI is InChI=1S/C20H16ClN5O3/c21-13-5-8-17(24-10-13)26-20(29)15-9-14(27)6-7-16(15)25-19(28)12-3-1-11(2-4-12)18(22)23/h1-10,27H,(H3,22,23)(H,25,28)(H,24,26,29). The molecule has 0 aliphatic rings. The van der Waals surface area contributed by atoms with Gasteiger partial charge in [0.1, 0.15) is 17.4 Å². The number of nitrogens with zero attached hydrogens (tertiary/aromatic N) is 1. The Kier molecular flexibility index (Phi) is 5.75. The molecule has 0 atom stereocenters. The Hall–Kier alpha value is -3.91. The molecule has 0 spiro atoms. The first-order valence-electron chi connectivity index (χ1n) is 8.35. The quantitative estimate of drug-likeness (QED) is 0.250. The number of halogens is 1. The number of phenols is 1. The van der Waals surface area contributed by atoms with Crippen molar-refractivity contribution in [1.82, 2.24) is 4.98 Å². The van der Waals surface area contributed by atoms with Gasteiger partial charge in [-0.1, -0.05) is 23.7 Å². The number of amides is 2. The molecular formula is C20H16ClN5O3. The molecule has 3 rings (SSSR count). The van der Waals surface area contributed by atoms with Gasteiger partial charge in [-0.25, -0.2) is 4.98 Å². The van der Waals surface area contributed by atoms with Crippen molar-refractivity contribution in [2.75, 3.05) is 10.6 Å². The molecule has 0 aliphatic heterocycles. The Balaban J connectivity index is 1.82. The largest absolute Gasteiger partial charge is 0.508 e. The highest BCUT2D eigenvalue weighted by atomic mass is 35.5. The number of anilines is 2. The molecule has 0 fully saturated rings. The summed E-state index contributed by atoms with van der Waals surface area (Å²) < 4.78 is 0. The zero-order chi connectivity index (χ0) is 21.0. The zero-order valence-electron chi connectivity index (χ0n) is 14.9. The highest BCUT2D eigenvalue weighted by Gasteiger charge is 2.16. The van der Waals surface area contributed by atoms with Crippen molar-refractivity contribution >= 4 is 40.8 Å². The molecule has 6 N–H and O–H groups in total.